The van der Waals surface area contributed by atoms with E-state index in [0.29, 0.717) is 13.0 Å². The van der Waals surface area contributed by atoms with E-state index in [0.717, 1.165) is 25.7 Å². The number of nitrogens with one attached hydrogen (secondary N) is 1. The SMILES string of the molecule is Cn1cc(CCC(=O)NCC2CCCC2O)c2ccccc21. The summed E-state index contributed by atoms with van der Waals surface area (Å²) < 4.78 is 2.11. The van der Waals surface area contributed by atoms with Crippen molar-refractivity contribution < 1.29 is 9.90 Å². The highest BCUT2D eigenvalue weighted by Gasteiger charge is 2.25. The summed E-state index contributed by atoms with van der Waals surface area (Å²) in [5, 5.41) is 14.0. The minimum absolute atomic E-state index is 0.0760. The maximum absolute atomic E-state index is 12.0. The van der Waals surface area contributed by atoms with Crippen LogP contribution in [0.25, 0.3) is 10.9 Å². The number of rotatable bonds is 5. The molecule has 1 amide bonds. The second kappa shape index (κ2) is 6.53. The van der Waals surface area contributed by atoms with Gasteiger partial charge in [0.25, 0.3) is 0 Å². The number of aromatic nitrogens is 1. The Morgan fingerprint density at radius 3 is 2.95 bits per heavy atom. The molecule has 2 atom stereocenters. The monoisotopic (exact) mass is 300 g/mol. The molecule has 4 nitrogen and oxygen atoms in total. The molecule has 1 aliphatic carbocycles. The Hall–Kier alpha value is -1.81. The normalized spacial score (nSPS) is 21.4. The van der Waals surface area contributed by atoms with Crippen LogP contribution in [0.5, 0.6) is 0 Å². The number of aryl methyl sites for hydroxylation is 2. The van der Waals surface area contributed by atoms with Crippen molar-refractivity contribution in [2.24, 2.45) is 13.0 Å². The van der Waals surface area contributed by atoms with Crippen molar-refractivity contribution in [1.29, 1.82) is 0 Å². The van der Waals surface area contributed by atoms with Gasteiger partial charge in [-0.15, -0.1) is 0 Å². The minimum Gasteiger partial charge on any atom is -0.393 e. The molecule has 2 aromatic rings. The summed E-state index contributed by atoms with van der Waals surface area (Å²) in [6.45, 7) is 0.607. The number of carbonyl (C=O) groups is 1. The Bertz CT molecular complexity index is 662. The number of fused-ring (bicyclic) bond motifs is 1. The number of aliphatic hydroxyl groups excluding tert-OH is 1. The van der Waals surface area contributed by atoms with Gasteiger partial charge in [-0.1, -0.05) is 24.6 Å². The Morgan fingerprint density at radius 2 is 2.18 bits per heavy atom. The van der Waals surface area contributed by atoms with E-state index in [1.807, 2.05) is 19.2 Å². The average molecular weight is 300 g/mol. The predicted molar refractivity (Wildman–Crippen MR) is 87.6 cm³/mol. The second-order valence-electron chi connectivity index (χ2n) is 6.34. The lowest BCUT2D eigenvalue weighted by Crippen LogP contribution is -2.32. The molecule has 1 aromatic carbocycles. The summed E-state index contributed by atoms with van der Waals surface area (Å²) in [6.07, 6.45) is 6.08. The maximum atomic E-state index is 12.0. The Morgan fingerprint density at radius 1 is 1.36 bits per heavy atom. The van der Waals surface area contributed by atoms with E-state index in [-0.39, 0.29) is 17.9 Å². The van der Waals surface area contributed by atoms with Gasteiger partial charge in [0.1, 0.15) is 0 Å². The van der Waals surface area contributed by atoms with Gasteiger partial charge in [-0.2, -0.15) is 0 Å². The first-order valence-electron chi connectivity index (χ1n) is 8.13. The van der Waals surface area contributed by atoms with E-state index in [4.69, 9.17) is 0 Å². The number of benzene rings is 1. The molecule has 0 radical (unpaired) electrons. The molecule has 3 rings (SSSR count). The van der Waals surface area contributed by atoms with Crippen LogP contribution < -0.4 is 5.32 Å². The molecule has 0 saturated heterocycles. The fourth-order valence-electron chi connectivity index (χ4n) is 3.46. The van der Waals surface area contributed by atoms with E-state index < -0.39 is 0 Å². The molecule has 22 heavy (non-hydrogen) atoms. The quantitative estimate of drug-likeness (QED) is 0.891. The zero-order chi connectivity index (χ0) is 15.5. The van der Waals surface area contributed by atoms with Crippen LogP contribution in [-0.4, -0.2) is 28.2 Å². The summed E-state index contributed by atoms with van der Waals surface area (Å²) in [7, 11) is 2.04. The summed E-state index contributed by atoms with van der Waals surface area (Å²) >= 11 is 0. The zero-order valence-electron chi connectivity index (χ0n) is 13.1. The van der Waals surface area contributed by atoms with E-state index in [1.54, 1.807) is 0 Å². The van der Waals surface area contributed by atoms with Gasteiger partial charge in [-0.25, -0.2) is 0 Å². The van der Waals surface area contributed by atoms with Gasteiger partial charge in [0.15, 0.2) is 0 Å². The minimum atomic E-state index is -0.238. The molecule has 1 fully saturated rings. The molecule has 118 valence electrons. The van der Waals surface area contributed by atoms with Crippen molar-refractivity contribution in [3.63, 3.8) is 0 Å². The topological polar surface area (TPSA) is 54.3 Å². The van der Waals surface area contributed by atoms with E-state index in [9.17, 15) is 9.90 Å². The van der Waals surface area contributed by atoms with Crippen LogP contribution in [0.2, 0.25) is 0 Å². The lowest BCUT2D eigenvalue weighted by atomic mass is 10.1. The third kappa shape index (κ3) is 3.17. The third-order valence-corrected chi connectivity index (χ3v) is 4.78. The number of hydrogen-bond acceptors (Lipinski definition) is 2. The third-order valence-electron chi connectivity index (χ3n) is 4.78. The van der Waals surface area contributed by atoms with Crippen molar-refractivity contribution in [3.05, 3.63) is 36.0 Å². The standard InChI is InChI=1S/C18H24N2O2/c1-20-12-14(15-6-2-3-7-16(15)20)9-10-18(22)19-11-13-5-4-8-17(13)21/h2-3,6-7,12-13,17,21H,4-5,8-11H2,1H3,(H,19,22). The van der Waals surface area contributed by atoms with Crippen LogP contribution in [0.15, 0.2) is 30.5 Å². The molecule has 1 heterocycles. The van der Waals surface area contributed by atoms with Crippen LogP contribution in [0.3, 0.4) is 0 Å². The molecule has 0 aliphatic heterocycles. The first-order chi connectivity index (χ1) is 10.6. The molecule has 1 aromatic heterocycles. The smallest absolute Gasteiger partial charge is 0.220 e. The van der Waals surface area contributed by atoms with Gasteiger partial charge in [-0.05, 0) is 30.9 Å². The molecular formula is C18H24N2O2. The van der Waals surface area contributed by atoms with Gasteiger partial charge >= 0.3 is 0 Å². The highest BCUT2D eigenvalue weighted by Crippen LogP contribution is 2.25. The van der Waals surface area contributed by atoms with Crippen LogP contribution in [0.1, 0.15) is 31.2 Å². The Balaban J connectivity index is 1.54. The summed E-state index contributed by atoms with van der Waals surface area (Å²) in [6, 6.07) is 8.27. The van der Waals surface area contributed by atoms with Crippen molar-refractivity contribution >= 4 is 16.8 Å². The maximum Gasteiger partial charge on any atom is 0.220 e. The van der Waals surface area contributed by atoms with Crippen LogP contribution >= 0.6 is 0 Å². The van der Waals surface area contributed by atoms with Crippen LogP contribution in [-0.2, 0) is 18.3 Å². The van der Waals surface area contributed by atoms with E-state index in [1.165, 1.54) is 16.5 Å². The van der Waals surface area contributed by atoms with Gasteiger partial charge in [0, 0.05) is 43.0 Å². The van der Waals surface area contributed by atoms with E-state index >= 15 is 0 Å². The van der Waals surface area contributed by atoms with Gasteiger partial charge in [0.2, 0.25) is 5.91 Å². The summed E-state index contributed by atoms with van der Waals surface area (Å²) in [5.41, 5.74) is 2.42. The number of nitrogens with zero attached hydrogens (tertiary/aromatic N) is 1. The zero-order valence-corrected chi connectivity index (χ0v) is 13.1. The highest BCUT2D eigenvalue weighted by molar-refractivity contribution is 5.84. The lowest BCUT2D eigenvalue weighted by Gasteiger charge is -2.14. The molecule has 0 spiro atoms. The summed E-state index contributed by atoms with van der Waals surface area (Å²) in [5.74, 6) is 0.313. The lowest BCUT2D eigenvalue weighted by molar-refractivity contribution is -0.121. The van der Waals surface area contributed by atoms with Crippen molar-refractivity contribution in [3.8, 4) is 0 Å². The number of para-hydroxylation sites is 1. The van der Waals surface area contributed by atoms with E-state index in [2.05, 4.69) is 28.2 Å². The number of hydrogen-bond donors (Lipinski definition) is 2. The fourth-order valence-corrected chi connectivity index (χ4v) is 3.46. The first kappa shape index (κ1) is 15.1. The van der Waals surface area contributed by atoms with Crippen molar-refractivity contribution in [2.45, 2.75) is 38.2 Å². The largest absolute Gasteiger partial charge is 0.393 e. The number of aliphatic hydroxyl groups is 1. The average Bonchev–Trinajstić information content (AvgIpc) is 3.07. The molecule has 2 N–H and O–H groups in total. The molecule has 4 heteroatoms. The highest BCUT2D eigenvalue weighted by atomic mass is 16.3. The molecule has 0 bridgehead atoms. The fraction of sp³-hybridized carbons (Fsp3) is 0.500. The molecular weight excluding hydrogens is 276 g/mol. The number of carbonyl (C=O) groups excluding carboxylic acids is 1. The molecule has 1 saturated carbocycles. The number of amides is 1. The van der Waals surface area contributed by atoms with Crippen molar-refractivity contribution in [1.82, 2.24) is 9.88 Å². The second-order valence-corrected chi connectivity index (χ2v) is 6.34. The predicted octanol–water partition coefficient (Wildman–Crippen LogP) is 2.39. The first-order valence-corrected chi connectivity index (χ1v) is 8.13. The van der Waals surface area contributed by atoms with Crippen LogP contribution in [0, 0.1) is 5.92 Å². The van der Waals surface area contributed by atoms with Gasteiger partial charge in [-0.3, -0.25) is 4.79 Å². The van der Waals surface area contributed by atoms with Gasteiger partial charge < -0.3 is 15.0 Å². The molecule has 2 unspecified atom stereocenters. The van der Waals surface area contributed by atoms with Crippen molar-refractivity contribution in [2.75, 3.05) is 6.54 Å². The Labute approximate surface area is 131 Å². The van der Waals surface area contributed by atoms with Crippen LogP contribution in [0.4, 0.5) is 0 Å². The summed E-state index contributed by atoms with van der Waals surface area (Å²) in [4.78, 5) is 12.0. The molecule has 1 aliphatic rings. The van der Waals surface area contributed by atoms with Gasteiger partial charge in [0.05, 0.1) is 6.10 Å². The Kier molecular flexibility index (Phi) is 4.48.